The molecule has 1 aromatic heterocycles. The molecule has 0 amide bonds. The molecule has 0 aliphatic carbocycles. The second-order valence-corrected chi connectivity index (χ2v) is 10.0. The largest absolute Gasteiger partial charge is 0.419 e. The van der Waals surface area contributed by atoms with Crippen LogP contribution in [0.1, 0.15) is 33.6 Å². The van der Waals surface area contributed by atoms with E-state index in [0.717, 1.165) is 17.8 Å². The molecule has 1 aliphatic heterocycles. The summed E-state index contributed by atoms with van der Waals surface area (Å²) in [4.78, 5) is 28.1. The number of benzene rings is 1. The smallest absolute Gasteiger partial charge is 0.350 e. The SMILES string of the molecule is CCCCS(=O)(=O)c1nc2ccc(NC=C3C(=O)OC(C)(C)OC3=O)cc2s1. The number of sulfone groups is 1. The van der Waals surface area contributed by atoms with Crippen LogP contribution in [0.2, 0.25) is 0 Å². The molecular formula is C18H20N2O6S2. The molecule has 0 atom stereocenters. The van der Waals surface area contributed by atoms with Gasteiger partial charge < -0.3 is 14.8 Å². The summed E-state index contributed by atoms with van der Waals surface area (Å²) >= 11 is 1.09. The van der Waals surface area contributed by atoms with Crippen LogP contribution in [-0.4, -0.2) is 36.9 Å². The van der Waals surface area contributed by atoms with Crippen molar-refractivity contribution in [1.29, 1.82) is 0 Å². The lowest BCUT2D eigenvalue weighted by atomic mass is 10.2. The van der Waals surface area contributed by atoms with Gasteiger partial charge in [-0.25, -0.2) is 23.0 Å². The van der Waals surface area contributed by atoms with Crippen molar-refractivity contribution in [2.75, 3.05) is 11.1 Å². The van der Waals surface area contributed by atoms with Gasteiger partial charge in [0.05, 0.1) is 16.0 Å². The molecule has 0 spiro atoms. The van der Waals surface area contributed by atoms with E-state index in [2.05, 4.69) is 10.3 Å². The van der Waals surface area contributed by atoms with Crippen LogP contribution in [-0.2, 0) is 28.9 Å². The number of ether oxygens (including phenoxy) is 2. The number of anilines is 1. The highest BCUT2D eigenvalue weighted by Crippen LogP contribution is 2.29. The highest BCUT2D eigenvalue weighted by molar-refractivity contribution is 7.93. The van der Waals surface area contributed by atoms with Gasteiger partial charge in [0.1, 0.15) is 0 Å². The Labute approximate surface area is 166 Å². The summed E-state index contributed by atoms with van der Waals surface area (Å²) in [6, 6.07) is 5.05. The van der Waals surface area contributed by atoms with E-state index in [9.17, 15) is 18.0 Å². The Hall–Kier alpha value is -2.46. The van der Waals surface area contributed by atoms with Crippen LogP contribution in [0.25, 0.3) is 10.2 Å². The summed E-state index contributed by atoms with van der Waals surface area (Å²) in [6.45, 7) is 4.87. The number of rotatable bonds is 6. The van der Waals surface area contributed by atoms with Crippen LogP contribution in [0, 0.1) is 0 Å². The van der Waals surface area contributed by atoms with Gasteiger partial charge in [-0.05, 0) is 24.6 Å². The first-order chi connectivity index (χ1) is 13.1. The first-order valence-corrected chi connectivity index (χ1v) is 11.1. The fourth-order valence-corrected chi connectivity index (χ4v) is 5.33. The van der Waals surface area contributed by atoms with E-state index in [4.69, 9.17) is 9.47 Å². The first kappa shape index (κ1) is 20.3. The number of hydrogen-bond acceptors (Lipinski definition) is 9. The van der Waals surface area contributed by atoms with Crippen LogP contribution >= 0.6 is 11.3 Å². The number of carbonyl (C=O) groups is 2. The quantitative estimate of drug-likeness (QED) is 0.428. The number of nitrogens with zero attached hydrogens (tertiary/aromatic N) is 1. The molecule has 0 unspecified atom stereocenters. The van der Waals surface area contributed by atoms with Gasteiger partial charge in [-0.15, -0.1) is 11.3 Å². The van der Waals surface area contributed by atoms with E-state index < -0.39 is 27.6 Å². The maximum Gasteiger partial charge on any atom is 0.350 e. The Morgan fingerprint density at radius 1 is 1.21 bits per heavy atom. The number of unbranched alkanes of at least 4 members (excludes halogenated alkanes) is 1. The van der Waals surface area contributed by atoms with Crippen LogP contribution in [0.5, 0.6) is 0 Å². The number of esters is 2. The number of hydrogen-bond donors (Lipinski definition) is 1. The van der Waals surface area contributed by atoms with Crippen molar-refractivity contribution in [1.82, 2.24) is 4.98 Å². The monoisotopic (exact) mass is 424 g/mol. The van der Waals surface area contributed by atoms with Crippen molar-refractivity contribution in [3.05, 3.63) is 30.0 Å². The molecule has 0 radical (unpaired) electrons. The van der Waals surface area contributed by atoms with E-state index >= 15 is 0 Å². The predicted molar refractivity (Wildman–Crippen MR) is 105 cm³/mol. The molecule has 1 N–H and O–H groups in total. The van der Waals surface area contributed by atoms with Gasteiger partial charge in [0.2, 0.25) is 14.2 Å². The molecule has 10 heteroatoms. The van der Waals surface area contributed by atoms with E-state index in [1.165, 1.54) is 20.0 Å². The summed E-state index contributed by atoms with van der Waals surface area (Å²) in [6.07, 6.45) is 2.58. The molecule has 1 aliphatic rings. The number of aromatic nitrogens is 1. The third-order valence-electron chi connectivity index (χ3n) is 3.90. The number of thiazole rings is 1. The highest BCUT2D eigenvalue weighted by Gasteiger charge is 2.38. The standard InChI is InChI=1S/C18H20N2O6S2/c1-4-5-8-28(23,24)17-20-13-7-6-11(9-14(13)27-17)19-10-12-15(21)25-18(2,3)26-16(12)22/h6-7,9-10,19H,4-5,8H2,1-3H3. The molecule has 8 nitrogen and oxygen atoms in total. The van der Waals surface area contributed by atoms with E-state index in [1.54, 1.807) is 18.2 Å². The zero-order chi connectivity index (χ0) is 20.5. The van der Waals surface area contributed by atoms with Crippen LogP contribution in [0.4, 0.5) is 5.69 Å². The van der Waals surface area contributed by atoms with E-state index in [1.807, 2.05) is 6.92 Å². The van der Waals surface area contributed by atoms with Gasteiger partial charge in [-0.3, -0.25) is 0 Å². The third-order valence-corrected chi connectivity index (χ3v) is 7.18. The summed E-state index contributed by atoms with van der Waals surface area (Å²) in [5.41, 5.74) is 0.870. The van der Waals surface area contributed by atoms with Crippen molar-refractivity contribution in [2.45, 2.75) is 43.7 Å². The average molecular weight is 425 g/mol. The normalized spacial score (nSPS) is 16.6. The minimum absolute atomic E-state index is 0.0705. The molecule has 1 saturated heterocycles. The molecule has 2 heterocycles. The van der Waals surface area contributed by atoms with Gasteiger partial charge in [-0.2, -0.15) is 0 Å². The number of cyclic esters (lactones) is 2. The van der Waals surface area contributed by atoms with E-state index in [0.29, 0.717) is 22.3 Å². The van der Waals surface area contributed by atoms with Crippen molar-refractivity contribution in [3.63, 3.8) is 0 Å². The summed E-state index contributed by atoms with van der Waals surface area (Å²) in [5, 5.41) is 2.84. The summed E-state index contributed by atoms with van der Waals surface area (Å²) in [5.74, 6) is -2.79. The lowest BCUT2D eigenvalue weighted by molar-refractivity contribution is -0.222. The minimum Gasteiger partial charge on any atom is -0.419 e. The van der Waals surface area contributed by atoms with Gasteiger partial charge in [0.25, 0.3) is 5.79 Å². The van der Waals surface area contributed by atoms with Crippen LogP contribution in [0.15, 0.2) is 34.3 Å². The minimum atomic E-state index is -3.40. The lowest BCUT2D eigenvalue weighted by Gasteiger charge is -2.29. The Bertz CT molecular complexity index is 1050. The van der Waals surface area contributed by atoms with Crippen molar-refractivity contribution < 1.29 is 27.5 Å². The van der Waals surface area contributed by atoms with Crippen LogP contribution in [0.3, 0.4) is 0 Å². The van der Waals surface area contributed by atoms with Gasteiger partial charge in [0, 0.05) is 25.7 Å². The molecule has 2 aromatic rings. The number of nitrogens with one attached hydrogen (secondary N) is 1. The molecular weight excluding hydrogens is 404 g/mol. The first-order valence-electron chi connectivity index (χ1n) is 8.68. The predicted octanol–water partition coefficient (Wildman–Crippen LogP) is 3.00. The fourth-order valence-electron chi connectivity index (χ4n) is 2.48. The molecule has 0 bridgehead atoms. The molecule has 3 rings (SSSR count). The zero-order valence-corrected chi connectivity index (χ0v) is 17.3. The molecule has 150 valence electrons. The molecule has 0 saturated carbocycles. The average Bonchev–Trinajstić information content (AvgIpc) is 3.02. The lowest BCUT2D eigenvalue weighted by Crippen LogP contribution is -2.42. The van der Waals surface area contributed by atoms with Gasteiger partial charge in [0.15, 0.2) is 5.57 Å². The number of carbonyl (C=O) groups excluding carboxylic acids is 2. The fraction of sp³-hybridized carbons (Fsp3) is 0.389. The Morgan fingerprint density at radius 2 is 1.89 bits per heavy atom. The van der Waals surface area contributed by atoms with Gasteiger partial charge in [-0.1, -0.05) is 13.3 Å². The van der Waals surface area contributed by atoms with Crippen molar-refractivity contribution >= 4 is 49.0 Å². The number of fused-ring (bicyclic) bond motifs is 1. The second kappa shape index (κ2) is 7.51. The topological polar surface area (TPSA) is 112 Å². The van der Waals surface area contributed by atoms with Crippen molar-refractivity contribution in [2.24, 2.45) is 0 Å². The Balaban J connectivity index is 1.82. The molecule has 1 aromatic carbocycles. The van der Waals surface area contributed by atoms with Gasteiger partial charge >= 0.3 is 11.9 Å². The third kappa shape index (κ3) is 4.33. The summed E-state index contributed by atoms with van der Waals surface area (Å²) < 4.78 is 35.5. The summed E-state index contributed by atoms with van der Waals surface area (Å²) in [7, 11) is -3.40. The maximum absolute atomic E-state index is 12.3. The van der Waals surface area contributed by atoms with E-state index in [-0.39, 0.29) is 15.7 Å². The zero-order valence-electron chi connectivity index (χ0n) is 15.6. The van der Waals surface area contributed by atoms with Crippen molar-refractivity contribution in [3.8, 4) is 0 Å². The maximum atomic E-state index is 12.3. The Morgan fingerprint density at radius 3 is 2.54 bits per heavy atom. The Kier molecular flexibility index (Phi) is 5.44. The molecule has 28 heavy (non-hydrogen) atoms. The second-order valence-electron chi connectivity index (χ2n) is 6.72. The van der Waals surface area contributed by atoms with Crippen LogP contribution < -0.4 is 5.32 Å². The molecule has 1 fully saturated rings. The highest BCUT2D eigenvalue weighted by atomic mass is 32.2.